The van der Waals surface area contributed by atoms with Gasteiger partial charge in [0.25, 0.3) is 0 Å². The third-order valence-electron chi connectivity index (χ3n) is 5.86. The molecule has 5 rings (SSSR count). The number of hydrogen-bond donors (Lipinski definition) is 1. The van der Waals surface area contributed by atoms with E-state index in [1.165, 1.54) is 11.8 Å². The van der Waals surface area contributed by atoms with Crippen LogP contribution in [0.4, 0.5) is 0 Å². The number of aromatic amines is 1. The molecule has 2 aromatic heterocycles. The van der Waals surface area contributed by atoms with Gasteiger partial charge in [-0.05, 0) is 35.9 Å². The maximum atomic E-state index is 11.7. The molecule has 1 N–H and O–H groups in total. The average Bonchev–Trinajstić information content (AvgIpc) is 3.16. The number of halogens is 1. The minimum absolute atomic E-state index is 0.481. The molecule has 0 radical (unpaired) electrons. The van der Waals surface area contributed by atoms with Gasteiger partial charge in [-0.3, -0.25) is 4.90 Å². The summed E-state index contributed by atoms with van der Waals surface area (Å²) in [5.41, 5.74) is 4.95. The number of para-hydroxylation sites is 1. The summed E-state index contributed by atoms with van der Waals surface area (Å²) in [4.78, 5) is 10.3. The Morgan fingerprint density at radius 3 is 2.55 bits per heavy atom. The van der Waals surface area contributed by atoms with Crippen LogP contribution < -0.4 is 0 Å². The van der Waals surface area contributed by atoms with Gasteiger partial charge in [-0.15, -0.1) is 0 Å². The molecule has 0 spiro atoms. The molecule has 4 aromatic rings. The van der Waals surface area contributed by atoms with E-state index in [-0.39, 0.29) is 0 Å². The zero-order valence-corrected chi connectivity index (χ0v) is 18.7. The highest BCUT2D eigenvalue weighted by atomic mass is 35.5. The molecule has 31 heavy (non-hydrogen) atoms. The van der Waals surface area contributed by atoms with Crippen LogP contribution in [0.15, 0.2) is 54.6 Å². The molecule has 0 saturated carbocycles. The van der Waals surface area contributed by atoms with Crippen LogP contribution in [0.1, 0.15) is 5.56 Å². The Morgan fingerprint density at radius 2 is 1.77 bits per heavy atom. The predicted octanol–water partition coefficient (Wildman–Crippen LogP) is 4.11. The van der Waals surface area contributed by atoms with Crippen LogP contribution in [0.3, 0.4) is 0 Å². The monoisotopic (exact) mass is 454 g/mol. The third-order valence-corrected chi connectivity index (χ3v) is 7.45. The zero-order valence-electron chi connectivity index (χ0n) is 17.2. The normalized spacial score (nSPS) is 16.3. The van der Waals surface area contributed by atoms with Crippen LogP contribution >= 0.6 is 11.6 Å². The second kappa shape index (κ2) is 7.91. The Labute approximate surface area is 186 Å². The molecular weight excluding hydrogens is 432 g/mol. The fraction of sp³-hybridized carbons (Fsp3) is 0.261. The number of hydrogen-bond acceptors (Lipinski definition) is 4. The van der Waals surface area contributed by atoms with Crippen molar-refractivity contribution in [2.75, 3.05) is 32.4 Å². The van der Waals surface area contributed by atoms with Gasteiger partial charge in [-0.25, -0.2) is 13.4 Å². The standard InChI is InChI=1S/C23H23ClN4O2S/c1-31(29,30)28-10-8-27(9-11-28)15-16-6-7-21-18(12-16)14-22(25-21)19-13-17-4-2-3-5-20(17)26-23(19)24/h2-7,12-14,25H,8-11,15H2,1H3. The number of pyridine rings is 1. The number of H-pyrrole nitrogens is 1. The van der Waals surface area contributed by atoms with Gasteiger partial charge in [0.05, 0.1) is 11.8 Å². The number of rotatable bonds is 4. The van der Waals surface area contributed by atoms with E-state index in [1.54, 1.807) is 4.31 Å². The highest BCUT2D eigenvalue weighted by Crippen LogP contribution is 2.32. The number of benzene rings is 2. The van der Waals surface area contributed by atoms with Crippen LogP contribution in [0, 0.1) is 0 Å². The SMILES string of the molecule is CS(=O)(=O)N1CCN(Cc2ccc3[nH]c(-c4cc5ccccc5nc4Cl)cc3c2)CC1. The Bertz CT molecular complexity index is 1380. The third kappa shape index (κ3) is 4.19. The molecule has 0 atom stereocenters. The first-order valence-electron chi connectivity index (χ1n) is 10.2. The van der Waals surface area contributed by atoms with Crippen molar-refractivity contribution in [2.45, 2.75) is 6.54 Å². The molecule has 6 nitrogen and oxygen atoms in total. The quantitative estimate of drug-likeness (QED) is 0.471. The second-order valence-electron chi connectivity index (χ2n) is 8.06. The van der Waals surface area contributed by atoms with Gasteiger partial charge in [0.15, 0.2) is 0 Å². The highest BCUT2D eigenvalue weighted by molar-refractivity contribution is 7.88. The lowest BCUT2D eigenvalue weighted by molar-refractivity contribution is 0.182. The molecule has 2 aromatic carbocycles. The average molecular weight is 455 g/mol. The maximum Gasteiger partial charge on any atom is 0.211 e. The van der Waals surface area contributed by atoms with E-state index in [4.69, 9.17) is 11.6 Å². The second-order valence-corrected chi connectivity index (χ2v) is 10.4. The van der Waals surface area contributed by atoms with Crippen molar-refractivity contribution < 1.29 is 8.42 Å². The predicted molar refractivity (Wildman–Crippen MR) is 126 cm³/mol. The molecule has 1 aliphatic heterocycles. The van der Waals surface area contributed by atoms with E-state index in [9.17, 15) is 8.42 Å². The number of aromatic nitrogens is 2. The van der Waals surface area contributed by atoms with Crippen LogP contribution in [0.5, 0.6) is 0 Å². The molecule has 0 amide bonds. The van der Waals surface area contributed by atoms with Gasteiger partial charge in [-0.1, -0.05) is 35.9 Å². The van der Waals surface area contributed by atoms with Crippen molar-refractivity contribution in [3.05, 3.63) is 65.3 Å². The Morgan fingerprint density at radius 1 is 1.00 bits per heavy atom. The largest absolute Gasteiger partial charge is 0.354 e. The summed E-state index contributed by atoms with van der Waals surface area (Å²) in [6, 6.07) is 18.5. The Balaban J connectivity index is 1.38. The summed E-state index contributed by atoms with van der Waals surface area (Å²) in [6.07, 6.45) is 1.28. The van der Waals surface area contributed by atoms with Gasteiger partial charge >= 0.3 is 0 Å². The lowest BCUT2D eigenvalue weighted by Gasteiger charge is -2.33. The van der Waals surface area contributed by atoms with E-state index >= 15 is 0 Å². The number of nitrogens with zero attached hydrogens (tertiary/aromatic N) is 3. The lowest BCUT2D eigenvalue weighted by Crippen LogP contribution is -2.47. The molecule has 160 valence electrons. The minimum atomic E-state index is -3.11. The van der Waals surface area contributed by atoms with Crippen molar-refractivity contribution in [1.29, 1.82) is 0 Å². The first-order chi connectivity index (χ1) is 14.9. The van der Waals surface area contributed by atoms with Crippen molar-refractivity contribution in [3.63, 3.8) is 0 Å². The van der Waals surface area contributed by atoms with E-state index < -0.39 is 10.0 Å². The molecular formula is C23H23ClN4O2S. The molecule has 3 heterocycles. The minimum Gasteiger partial charge on any atom is -0.354 e. The van der Waals surface area contributed by atoms with Gasteiger partial charge < -0.3 is 4.98 Å². The molecule has 0 bridgehead atoms. The number of nitrogens with one attached hydrogen (secondary N) is 1. The topological polar surface area (TPSA) is 69.3 Å². The van der Waals surface area contributed by atoms with Gasteiger partial charge in [0, 0.05) is 60.3 Å². The smallest absolute Gasteiger partial charge is 0.211 e. The highest BCUT2D eigenvalue weighted by Gasteiger charge is 2.23. The first-order valence-corrected chi connectivity index (χ1v) is 12.4. The van der Waals surface area contributed by atoms with Gasteiger partial charge in [0.2, 0.25) is 10.0 Å². The summed E-state index contributed by atoms with van der Waals surface area (Å²) in [6.45, 7) is 3.36. The Hall–Kier alpha value is -2.45. The summed E-state index contributed by atoms with van der Waals surface area (Å²) < 4.78 is 25.0. The van der Waals surface area contributed by atoms with Crippen molar-refractivity contribution in [2.24, 2.45) is 0 Å². The number of piperazine rings is 1. The molecule has 8 heteroatoms. The number of fused-ring (bicyclic) bond motifs is 2. The fourth-order valence-electron chi connectivity index (χ4n) is 4.18. The summed E-state index contributed by atoms with van der Waals surface area (Å²) in [5, 5.41) is 2.65. The molecule has 1 saturated heterocycles. The van der Waals surface area contributed by atoms with Crippen molar-refractivity contribution >= 4 is 43.4 Å². The van der Waals surface area contributed by atoms with E-state index in [0.29, 0.717) is 18.2 Å². The van der Waals surface area contributed by atoms with Crippen LogP contribution in [-0.2, 0) is 16.6 Å². The Kier molecular flexibility index (Phi) is 5.22. The van der Waals surface area contributed by atoms with Crippen LogP contribution in [0.2, 0.25) is 5.15 Å². The first kappa shape index (κ1) is 20.5. The van der Waals surface area contributed by atoms with E-state index in [0.717, 1.165) is 52.7 Å². The summed E-state index contributed by atoms with van der Waals surface area (Å²) in [7, 11) is -3.11. The van der Waals surface area contributed by atoms with Crippen LogP contribution in [-0.4, -0.2) is 60.0 Å². The number of sulfonamides is 1. The van der Waals surface area contributed by atoms with Crippen molar-refractivity contribution in [1.82, 2.24) is 19.2 Å². The molecule has 0 aliphatic carbocycles. The van der Waals surface area contributed by atoms with E-state index in [2.05, 4.69) is 45.2 Å². The molecule has 1 aliphatic rings. The van der Waals surface area contributed by atoms with E-state index in [1.807, 2.05) is 24.3 Å². The summed E-state index contributed by atoms with van der Waals surface area (Å²) >= 11 is 6.48. The van der Waals surface area contributed by atoms with Crippen LogP contribution in [0.25, 0.3) is 33.1 Å². The maximum absolute atomic E-state index is 11.7. The van der Waals surface area contributed by atoms with Gasteiger partial charge in [-0.2, -0.15) is 4.31 Å². The molecule has 0 unspecified atom stereocenters. The zero-order chi connectivity index (χ0) is 21.6. The molecule has 1 fully saturated rings. The summed E-state index contributed by atoms with van der Waals surface area (Å²) in [5.74, 6) is 0. The van der Waals surface area contributed by atoms with Gasteiger partial charge in [0.1, 0.15) is 5.15 Å². The lowest BCUT2D eigenvalue weighted by atomic mass is 10.1. The fourth-order valence-corrected chi connectivity index (χ4v) is 5.26. The van der Waals surface area contributed by atoms with Crippen molar-refractivity contribution in [3.8, 4) is 11.3 Å².